The van der Waals surface area contributed by atoms with Crippen molar-refractivity contribution in [3.05, 3.63) is 46.7 Å². The van der Waals surface area contributed by atoms with Gasteiger partial charge in [0.1, 0.15) is 6.54 Å². The Kier molecular flexibility index (Phi) is 4.79. The molecular weight excluding hydrogens is 320 g/mol. The molecule has 0 radical (unpaired) electrons. The van der Waals surface area contributed by atoms with E-state index in [1.807, 2.05) is 24.4 Å². The Morgan fingerprint density at radius 3 is 2.90 bits per heavy atom. The molecule has 1 aromatic heterocycles. The van der Waals surface area contributed by atoms with Crippen molar-refractivity contribution in [3.63, 3.8) is 0 Å². The van der Waals surface area contributed by atoms with Crippen molar-refractivity contribution in [1.29, 1.82) is 0 Å². The number of likely N-dealkylation sites (N-methyl/N-ethyl adjacent to an activating group) is 1. The molecule has 1 aromatic carbocycles. The van der Waals surface area contributed by atoms with E-state index in [4.69, 9.17) is 0 Å². The molecule has 0 aliphatic rings. The lowest BCUT2D eigenvalue weighted by Gasteiger charge is -2.15. The van der Waals surface area contributed by atoms with Gasteiger partial charge >= 0.3 is 0 Å². The molecule has 0 bridgehead atoms. The number of carbonyl (C=O) groups is 1. The minimum absolute atomic E-state index is 0.0708. The number of anilines is 1. The van der Waals surface area contributed by atoms with Crippen molar-refractivity contribution in [2.45, 2.75) is 19.5 Å². The highest BCUT2D eigenvalue weighted by Gasteiger charge is 2.10. The van der Waals surface area contributed by atoms with Crippen LogP contribution in [0.5, 0.6) is 0 Å². The number of aromatic nitrogens is 2. The molecule has 2 rings (SSSR count). The predicted molar refractivity (Wildman–Crippen MR) is 82.5 cm³/mol. The molecule has 2 aromatic rings. The lowest BCUT2D eigenvalue weighted by Crippen LogP contribution is -2.23. The Morgan fingerprint density at radius 1 is 1.45 bits per heavy atom. The Morgan fingerprint density at radius 2 is 2.20 bits per heavy atom. The Labute approximate surface area is 126 Å². The van der Waals surface area contributed by atoms with Crippen LogP contribution in [-0.2, 0) is 11.3 Å². The van der Waals surface area contributed by atoms with Crippen LogP contribution in [0.3, 0.4) is 0 Å². The third-order valence-corrected chi connectivity index (χ3v) is 3.69. The molecule has 0 fully saturated rings. The van der Waals surface area contributed by atoms with Gasteiger partial charge in [-0.25, -0.2) is 0 Å². The molecule has 0 aliphatic carbocycles. The van der Waals surface area contributed by atoms with Gasteiger partial charge in [-0.15, -0.1) is 0 Å². The van der Waals surface area contributed by atoms with E-state index < -0.39 is 0 Å². The number of benzene rings is 1. The predicted octanol–water partition coefficient (Wildman–Crippen LogP) is 2.56. The van der Waals surface area contributed by atoms with E-state index in [9.17, 15) is 4.79 Å². The van der Waals surface area contributed by atoms with Gasteiger partial charge < -0.3 is 10.6 Å². The van der Waals surface area contributed by atoms with E-state index in [-0.39, 0.29) is 18.5 Å². The minimum atomic E-state index is -0.0708. The summed E-state index contributed by atoms with van der Waals surface area (Å²) in [6.45, 7) is 2.30. The number of rotatable bonds is 5. The fourth-order valence-electron chi connectivity index (χ4n) is 1.90. The average molecular weight is 337 g/mol. The van der Waals surface area contributed by atoms with Crippen LogP contribution in [0.15, 0.2) is 41.1 Å². The van der Waals surface area contributed by atoms with Crippen molar-refractivity contribution in [1.82, 2.24) is 15.1 Å². The van der Waals surface area contributed by atoms with Crippen molar-refractivity contribution < 1.29 is 4.79 Å². The molecule has 2 N–H and O–H groups in total. The Bertz CT molecular complexity index is 596. The zero-order chi connectivity index (χ0) is 14.5. The molecule has 106 valence electrons. The highest BCUT2D eigenvalue weighted by molar-refractivity contribution is 9.10. The van der Waals surface area contributed by atoms with Gasteiger partial charge in [0.05, 0.1) is 11.9 Å². The van der Waals surface area contributed by atoms with Crippen molar-refractivity contribution in [3.8, 4) is 0 Å². The van der Waals surface area contributed by atoms with Gasteiger partial charge in [0.25, 0.3) is 0 Å². The number of nitrogens with zero attached hydrogens (tertiary/aromatic N) is 2. The molecular formula is C14H17BrN4O. The largest absolute Gasteiger partial charge is 0.376 e. The summed E-state index contributed by atoms with van der Waals surface area (Å²) in [6.07, 6.45) is 3.54. The quantitative estimate of drug-likeness (QED) is 0.882. The summed E-state index contributed by atoms with van der Waals surface area (Å²) in [5.74, 6) is -0.0708. The van der Waals surface area contributed by atoms with E-state index in [0.29, 0.717) is 0 Å². The monoisotopic (exact) mass is 336 g/mol. The number of hydrogen-bond donors (Lipinski definition) is 2. The molecule has 0 saturated carbocycles. The fourth-order valence-corrected chi connectivity index (χ4v) is 2.53. The van der Waals surface area contributed by atoms with Gasteiger partial charge in [-0.3, -0.25) is 9.48 Å². The van der Waals surface area contributed by atoms with Crippen LogP contribution in [0.4, 0.5) is 5.69 Å². The summed E-state index contributed by atoms with van der Waals surface area (Å²) in [5.41, 5.74) is 2.06. The standard InChI is InChI=1S/C14H17BrN4O/c1-10(12-5-3-4-6-13(12)15)18-11-7-17-19(8-11)9-14(20)16-2/h3-8,10,18H,9H2,1-2H3,(H,16,20). The van der Waals surface area contributed by atoms with Crippen LogP contribution in [-0.4, -0.2) is 22.7 Å². The molecule has 0 aliphatic heterocycles. The lowest BCUT2D eigenvalue weighted by molar-refractivity contribution is -0.121. The summed E-state index contributed by atoms with van der Waals surface area (Å²) in [5, 5.41) is 10.1. The summed E-state index contributed by atoms with van der Waals surface area (Å²) in [6, 6.07) is 8.22. The number of nitrogens with one attached hydrogen (secondary N) is 2. The first kappa shape index (κ1) is 14.6. The van der Waals surface area contributed by atoms with Gasteiger partial charge in [0, 0.05) is 23.8 Å². The van der Waals surface area contributed by atoms with Crippen LogP contribution in [0.1, 0.15) is 18.5 Å². The smallest absolute Gasteiger partial charge is 0.241 e. The van der Waals surface area contributed by atoms with Gasteiger partial charge in [-0.1, -0.05) is 34.1 Å². The third-order valence-electron chi connectivity index (χ3n) is 2.97. The second kappa shape index (κ2) is 6.56. The number of carbonyl (C=O) groups excluding carboxylic acids is 1. The second-order valence-electron chi connectivity index (χ2n) is 4.49. The summed E-state index contributed by atoms with van der Waals surface area (Å²) < 4.78 is 2.67. The molecule has 1 unspecified atom stereocenters. The zero-order valence-corrected chi connectivity index (χ0v) is 13.0. The van der Waals surface area contributed by atoms with E-state index in [0.717, 1.165) is 10.2 Å². The second-order valence-corrected chi connectivity index (χ2v) is 5.34. The molecule has 5 nitrogen and oxygen atoms in total. The molecule has 1 amide bonds. The highest BCUT2D eigenvalue weighted by Crippen LogP contribution is 2.25. The zero-order valence-electron chi connectivity index (χ0n) is 11.4. The van der Waals surface area contributed by atoms with Crippen LogP contribution >= 0.6 is 15.9 Å². The van der Waals surface area contributed by atoms with E-state index in [2.05, 4.69) is 44.7 Å². The van der Waals surface area contributed by atoms with Crippen LogP contribution in [0.2, 0.25) is 0 Å². The third kappa shape index (κ3) is 3.60. The summed E-state index contributed by atoms with van der Waals surface area (Å²) >= 11 is 3.54. The fraction of sp³-hybridized carbons (Fsp3) is 0.286. The van der Waals surface area contributed by atoms with Crippen LogP contribution < -0.4 is 10.6 Å². The van der Waals surface area contributed by atoms with E-state index in [1.54, 1.807) is 17.9 Å². The normalized spacial score (nSPS) is 11.9. The first-order chi connectivity index (χ1) is 9.60. The lowest BCUT2D eigenvalue weighted by atomic mass is 10.1. The van der Waals surface area contributed by atoms with Gasteiger partial charge in [0.15, 0.2) is 0 Å². The van der Waals surface area contributed by atoms with Gasteiger partial charge in [-0.2, -0.15) is 5.10 Å². The molecule has 1 atom stereocenters. The van der Waals surface area contributed by atoms with Crippen molar-refractivity contribution >= 4 is 27.5 Å². The minimum Gasteiger partial charge on any atom is -0.376 e. The van der Waals surface area contributed by atoms with Gasteiger partial charge in [-0.05, 0) is 18.6 Å². The molecule has 0 saturated heterocycles. The summed E-state index contributed by atoms with van der Waals surface area (Å²) in [7, 11) is 1.61. The Hall–Kier alpha value is -1.82. The number of amides is 1. The van der Waals surface area contributed by atoms with Gasteiger partial charge in [0.2, 0.25) is 5.91 Å². The van der Waals surface area contributed by atoms with Crippen LogP contribution in [0, 0.1) is 0 Å². The molecule has 20 heavy (non-hydrogen) atoms. The average Bonchev–Trinajstić information content (AvgIpc) is 2.86. The molecule has 0 spiro atoms. The number of halogens is 1. The van der Waals surface area contributed by atoms with Crippen molar-refractivity contribution in [2.24, 2.45) is 0 Å². The van der Waals surface area contributed by atoms with E-state index >= 15 is 0 Å². The first-order valence-electron chi connectivity index (χ1n) is 6.34. The maximum atomic E-state index is 11.3. The van der Waals surface area contributed by atoms with E-state index in [1.165, 1.54) is 5.56 Å². The first-order valence-corrected chi connectivity index (χ1v) is 7.13. The highest BCUT2D eigenvalue weighted by atomic mass is 79.9. The van der Waals surface area contributed by atoms with Crippen molar-refractivity contribution in [2.75, 3.05) is 12.4 Å². The summed E-state index contributed by atoms with van der Waals surface area (Å²) in [4.78, 5) is 11.3. The van der Waals surface area contributed by atoms with Crippen LogP contribution in [0.25, 0.3) is 0 Å². The SMILES string of the molecule is CNC(=O)Cn1cc(NC(C)c2ccccc2Br)cn1. The Balaban J connectivity index is 2.03. The topological polar surface area (TPSA) is 59.0 Å². The molecule has 1 heterocycles. The number of hydrogen-bond acceptors (Lipinski definition) is 3. The maximum Gasteiger partial charge on any atom is 0.241 e. The maximum absolute atomic E-state index is 11.3. The molecule has 6 heteroatoms.